The molecule has 4 rings (SSSR count). The Bertz CT molecular complexity index is 1410. The number of amides is 1. The van der Waals surface area contributed by atoms with E-state index in [2.05, 4.69) is 36.6 Å². The van der Waals surface area contributed by atoms with Gasteiger partial charge in [0, 0.05) is 50.9 Å². The average Bonchev–Trinajstić information content (AvgIpc) is 3.24. The van der Waals surface area contributed by atoms with Gasteiger partial charge < -0.3 is 18.8 Å². The van der Waals surface area contributed by atoms with Crippen LogP contribution in [0.5, 0.6) is 0 Å². The lowest BCUT2D eigenvalue weighted by Gasteiger charge is -2.32. The van der Waals surface area contributed by atoms with Gasteiger partial charge in [-0.1, -0.05) is 19.9 Å². The van der Waals surface area contributed by atoms with E-state index in [0.29, 0.717) is 17.9 Å². The number of esters is 1. The maximum absolute atomic E-state index is 12.7. The Morgan fingerprint density at radius 3 is 2.55 bits per heavy atom. The van der Waals surface area contributed by atoms with E-state index in [1.54, 1.807) is 18.5 Å². The molecule has 216 valence electrons. The summed E-state index contributed by atoms with van der Waals surface area (Å²) >= 11 is 0. The standard InChI is InChI=1S/C32H44N4O4/c1-20(2)27(32(39)40-21(3)4)12-10-24-11-13-29-28(16-24)33-30(26-15-22(5)31(38)34(7)19-26)36(29)18-25-9-8-14-35(17-25)23(6)37/h11,13,15-16,19-21,25,27H,8-10,12,14,17-18H2,1-7H3/t25-,27+/m1/s1. The number of carbonyl (C=O) groups is 2. The predicted molar refractivity (Wildman–Crippen MR) is 158 cm³/mol. The normalized spacial score (nSPS) is 16.6. The molecule has 0 saturated carbocycles. The van der Waals surface area contributed by atoms with Crippen LogP contribution in [0.15, 0.2) is 35.3 Å². The number of hydrogen-bond donors (Lipinski definition) is 0. The molecule has 1 amide bonds. The second-order valence-electron chi connectivity index (χ2n) is 12.0. The Hall–Kier alpha value is -3.42. The molecule has 8 heteroatoms. The van der Waals surface area contributed by atoms with E-state index in [1.807, 2.05) is 37.9 Å². The lowest BCUT2D eigenvalue weighted by atomic mass is 9.89. The Balaban J connectivity index is 1.68. The third-order valence-corrected chi connectivity index (χ3v) is 8.04. The lowest BCUT2D eigenvalue weighted by molar-refractivity contribution is -0.154. The van der Waals surface area contributed by atoms with Gasteiger partial charge in [0.25, 0.3) is 5.56 Å². The second kappa shape index (κ2) is 12.4. The zero-order valence-corrected chi connectivity index (χ0v) is 25.1. The Kier molecular flexibility index (Phi) is 9.16. The van der Waals surface area contributed by atoms with E-state index in [9.17, 15) is 14.4 Å². The number of piperidine rings is 1. The molecule has 3 aromatic rings. The summed E-state index contributed by atoms with van der Waals surface area (Å²) in [6, 6.07) is 8.29. The molecule has 0 aliphatic carbocycles. The van der Waals surface area contributed by atoms with E-state index < -0.39 is 0 Å². The smallest absolute Gasteiger partial charge is 0.309 e. The van der Waals surface area contributed by atoms with Gasteiger partial charge in [0.05, 0.1) is 23.1 Å². The Morgan fingerprint density at radius 1 is 1.15 bits per heavy atom. The summed E-state index contributed by atoms with van der Waals surface area (Å²) in [5.41, 5.74) is 4.60. The van der Waals surface area contributed by atoms with Crippen molar-refractivity contribution in [1.82, 2.24) is 19.0 Å². The van der Waals surface area contributed by atoms with Crippen molar-refractivity contribution in [1.29, 1.82) is 0 Å². The topological polar surface area (TPSA) is 86.4 Å². The zero-order valence-electron chi connectivity index (χ0n) is 25.1. The molecule has 1 saturated heterocycles. The molecule has 1 aliphatic heterocycles. The predicted octanol–water partition coefficient (Wildman–Crippen LogP) is 5.13. The van der Waals surface area contributed by atoms with Gasteiger partial charge in [0.2, 0.25) is 5.91 Å². The number of benzene rings is 1. The van der Waals surface area contributed by atoms with Crippen LogP contribution in [-0.4, -0.2) is 50.1 Å². The van der Waals surface area contributed by atoms with E-state index in [0.717, 1.165) is 66.9 Å². The summed E-state index contributed by atoms with van der Waals surface area (Å²) < 4.78 is 9.38. The van der Waals surface area contributed by atoms with Crippen molar-refractivity contribution in [2.75, 3.05) is 13.1 Å². The fraction of sp³-hybridized carbons (Fsp3) is 0.562. The molecule has 1 aliphatic rings. The molecule has 0 bridgehead atoms. The number of aromatic nitrogens is 3. The van der Waals surface area contributed by atoms with E-state index in [-0.39, 0.29) is 35.4 Å². The molecule has 3 heterocycles. The number of imidazole rings is 1. The highest BCUT2D eigenvalue weighted by Gasteiger charge is 2.26. The van der Waals surface area contributed by atoms with Gasteiger partial charge in [-0.3, -0.25) is 14.4 Å². The molecule has 0 spiro atoms. The van der Waals surface area contributed by atoms with Crippen LogP contribution in [0.2, 0.25) is 0 Å². The number of carbonyl (C=O) groups excluding carboxylic acids is 2. The van der Waals surface area contributed by atoms with Crippen LogP contribution < -0.4 is 5.56 Å². The van der Waals surface area contributed by atoms with E-state index in [1.165, 1.54) is 0 Å². The number of likely N-dealkylation sites (tertiary alicyclic amines) is 1. The van der Waals surface area contributed by atoms with Crippen LogP contribution in [0.3, 0.4) is 0 Å². The molecular weight excluding hydrogens is 504 g/mol. The van der Waals surface area contributed by atoms with Crippen LogP contribution in [-0.2, 0) is 34.3 Å². The van der Waals surface area contributed by atoms with Crippen molar-refractivity contribution in [3.8, 4) is 11.4 Å². The number of aryl methyl sites for hydroxylation is 3. The number of ether oxygens (including phenoxy) is 1. The summed E-state index contributed by atoms with van der Waals surface area (Å²) in [6.45, 7) is 13.7. The first-order valence-electron chi connectivity index (χ1n) is 14.6. The summed E-state index contributed by atoms with van der Waals surface area (Å²) in [7, 11) is 1.77. The van der Waals surface area contributed by atoms with Gasteiger partial charge in [-0.05, 0) is 82.1 Å². The minimum atomic E-state index is -0.157. The first-order chi connectivity index (χ1) is 18.9. The van der Waals surface area contributed by atoms with Crippen LogP contribution in [0, 0.1) is 24.7 Å². The largest absolute Gasteiger partial charge is 0.463 e. The first-order valence-corrected chi connectivity index (χ1v) is 14.6. The van der Waals surface area contributed by atoms with Crippen molar-refractivity contribution in [2.45, 2.75) is 79.9 Å². The highest BCUT2D eigenvalue weighted by Crippen LogP contribution is 2.30. The van der Waals surface area contributed by atoms with Gasteiger partial charge in [0.1, 0.15) is 5.82 Å². The molecule has 0 N–H and O–H groups in total. The van der Waals surface area contributed by atoms with Crippen molar-refractivity contribution in [3.05, 3.63) is 51.9 Å². The van der Waals surface area contributed by atoms with Crippen LogP contribution in [0.4, 0.5) is 0 Å². The number of hydrogen-bond acceptors (Lipinski definition) is 5. The Morgan fingerprint density at radius 2 is 1.90 bits per heavy atom. The third kappa shape index (κ3) is 6.65. The van der Waals surface area contributed by atoms with Gasteiger partial charge in [-0.2, -0.15) is 0 Å². The molecule has 2 aromatic heterocycles. The van der Waals surface area contributed by atoms with Crippen molar-refractivity contribution in [2.24, 2.45) is 24.8 Å². The zero-order chi connectivity index (χ0) is 29.1. The summed E-state index contributed by atoms with van der Waals surface area (Å²) in [5, 5.41) is 0. The van der Waals surface area contributed by atoms with Gasteiger partial charge >= 0.3 is 5.97 Å². The fourth-order valence-electron chi connectivity index (χ4n) is 5.86. The van der Waals surface area contributed by atoms with E-state index in [4.69, 9.17) is 9.72 Å². The number of nitrogens with zero attached hydrogens (tertiary/aromatic N) is 4. The summed E-state index contributed by atoms with van der Waals surface area (Å²) in [5.74, 6) is 1.17. The maximum atomic E-state index is 12.7. The maximum Gasteiger partial charge on any atom is 0.309 e. The lowest BCUT2D eigenvalue weighted by Crippen LogP contribution is -2.39. The first kappa shape index (κ1) is 29.6. The van der Waals surface area contributed by atoms with Crippen molar-refractivity contribution >= 4 is 22.9 Å². The average molecular weight is 549 g/mol. The molecule has 0 unspecified atom stereocenters. The third-order valence-electron chi connectivity index (χ3n) is 8.04. The quantitative estimate of drug-likeness (QED) is 0.346. The molecule has 40 heavy (non-hydrogen) atoms. The number of rotatable bonds is 9. The van der Waals surface area contributed by atoms with Crippen LogP contribution >= 0.6 is 0 Å². The van der Waals surface area contributed by atoms with Crippen LogP contribution in [0.1, 0.15) is 65.0 Å². The summed E-state index contributed by atoms with van der Waals surface area (Å²) in [6.07, 6.45) is 5.24. The van der Waals surface area contributed by atoms with Gasteiger partial charge in [-0.25, -0.2) is 4.98 Å². The molecule has 8 nitrogen and oxygen atoms in total. The molecule has 0 radical (unpaired) electrons. The van der Waals surface area contributed by atoms with Crippen molar-refractivity contribution in [3.63, 3.8) is 0 Å². The van der Waals surface area contributed by atoms with E-state index >= 15 is 0 Å². The number of fused-ring (bicyclic) bond motifs is 1. The van der Waals surface area contributed by atoms with Crippen LogP contribution in [0.25, 0.3) is 22.4 Å². The molecule has 2 atom stereocenters. The fourth-order valence-corrected chi connectivity index (χ4v) is 5.86. The highest BCUT2D eigenvalue weighted by molar-refractivity contribution is 5.81. The minimum absolute atomic E-state index is 0.0196. The van der Waals surface area contributed by atoms with Crippen molar-refractivity contribution < 1.29 is 14.3 Å². The molecular formula is C32H44N4O4. The Labute approximate surface area is 237 Å². The molecule has 1 fully saturated rings. The number of pyridine rings is 1. The minimum Gasteiger partial charge on any atom is -0.463 e. The second-order valence-corrected chi connectivity index (χ2v) is 12.0. The monoisotopic (exact) mass is 548 g/mol. The molecule has 1 aromatic carbocycles. The highest BCUT2D eigenvalue weighted by atomic mass is 16.5. The van der Waals surface area contributed by atoms with Gasteiger partial charge in [-0.15, -0.1) is 0 Å². The van der Waals surface area contributed by atoms with Gasteiger partial charge in [0.15, 0.2) is 0 Å². The summed E-state index contributed by atoms with van der Waals surface area (Å²) in [4.78, 5) is 44.2. The SMILES string of the molecule is CC(=O)N1CCC[C@@H](Cn2c(-c3cc(C)c(=O)n(C)c3)nc3cc(CC[C@H](C(=O)OC(C)C)C(C)C)ccc32)C1.